The number of likely N-dealkylation sites (tertiary alicyclic amines) is 1. The molecule has 1 saturated heterocycles. The van der Waals surface area contributed by atoms with Crippen LogP contribution in [-0.2, 0) is 10.2 Å². The molecule has 0 radical (unpaired) electrons. The van der Waals surface area contributed by atoms with Crippen LogP contribution in [0.4, 0.5) is 22.1 Å². The number of amides is 1. The maximum atomic E-state index is 13.6. The molecule has 262 valence electrons. The molecule has 0 bridgehead atoms. The number of aryl methyl sites for hydroxylation is 1. The molecular formula is C39H54N6O3Si. The molecule has 0 aliphatic carbocycles. The van der Waals surface area contributed by atoms with Crippen molar-refractivity contribution in [2.75, 3.05) is 36.9 Å². The number of ether oxygens (including phenoxy) is 1. The lowest BCUT2D eigenvalue weighted by Gasteiger charge is -2.38. The third-order valence-corrected chi connectivity index (χ3v) is 14.4. The minimum atomic E-state index is -2.48. The van der Waals surface area contributed by atoms with Crippen molar-refractivity contribution in [2.45, 2.75) is 109 Å². The quantitative estimate of drug-likeness (QED) is 0.227. The lowest BCUT2D eigenvalue weighted by molar-refractivity contribution is 0.0577. The van der Waals surface area contributed by atoms with Crippen LogP contribution in [0.2, 0.25) is 18.1 Å². The van der Waals surface area contributed by atoms with Gasteiger partial charge in [0.15, 0.2) is 8.32 Å². The van der Waals surface area contributed by atoms with Crippen LogP contribution in [0.3, 0.4) is 0 Å². The number of carbonyl (C=O) groups is 1. The van der Waals surface area contributed by atoms with Crippen molar-refractivity contribution in [3.8, 4) is 17.3 Å². The Hall–Kier alpha value is -3.78. The molecule has 2 aliphatic heterocycles. The molecule has 10 heteroatoms. The summed E-state index contributed by atoms with van der Waals surface area (Å²) in [6.07, 6.45) is 5.05. The van der Waals surface area contributed by atoms with Gasteiger partial charge in [-0.2, -0.15) is 5.26 Å². The summed E-state index contributed by atoms with van der Waals surface area (Å²) in [6, 6.07) is 14.8. The first-order chi connectivity index (χ1) is 22.8. The summed E-state index contributed by atoms with van der Waals surface area (Å²) >= 11 is 0. The summed E-state index contributed by atoms with van der Waals surface area (Å²) in [5.74, 6) is 1.02. The van der Waals surface area contributed by atoms with E-state index in [1.807, 2.05) is 46.0 Å². The van der Waals surface area contributed by atoms with Gasteiger partial charge in [0.1, 0.15) is 11.7 Å². The first-order valence-corrected chi connectivity index (χ1v) is 20.5. The van der Waals surface area contributed by atoms with Gasteiger partial charge in [-0.3, -0.25) is 4.90 Å². The fraction of sp³-hybridized carbons (Fsp3) is 0.538. The van der Waals surface area contributed by atoms with E-state index in [9.17, 15) is 14.9 Å². The molecule has 9 nitrogen and oxygen atoms in total. The van der Waals surface area contributed by atoms with Gasteiger partial charge in [0.25, 0.3) is 0 Å². The molecule has 1 atom stereocenters. The Kier molecular flexibility index (Phi) is 10.1. The van der Waals surface area contributed by atoms with Crippen LogP contribution in [-0.4, -0.2) is 66.4 Å². The van der Waals surface area contributed by atoms with E-state index in [1.165, 1.54) is 5.56 Å². The number of hydrogen-bond donors (Lipinski definition) is 2. The smallest absolute Gasteiger partial charge is 0.414 e. The highest BCUT2D eigenvalue weighted by atomic mass is 28.4. The second kappa shape index (κ2) is 13.5. The minimum Gasteiger partial charge on any atom is -0.443 e. The Morgan fingerprint density at radius 3 is 2.47 bits per heavy atom. The maximum Gasteiger partial charge on any atom is 0.414 e. The van der Waals surface area contributed by atoms with Crippen LogP contribution in [0.15, 0.2) is 42.6 Å². The summed E-state index contributed by atoms with van der Waals surface area (Å²) in [5.41, 5.74) is 5.63. The topological polar surface area (TPSA) is 115 Å². The molecule has 1 aromatic heterocycles. The van der Waals surface area contributed by atoms with Crippen molar-refractivity contribution in [2.24, 2.45) is 0 Å². The van der Waals surface area contributed by atoms with Crippen molar-refractivity contribution >= 4 is 31.7 Å². The lowest BCUT2D eigenvalue weighted by Crippen LogP contribution is -2.42. The van der Waals surface area contributed by atoms with E-state index in [1.54, 1.807) is 11.1 Å². The van der Waals surface area contributed by atoms with Gasteiger partial charge in [0.2, 0.25) is 5.95 Å². The van der Waals surface area contributed by atoms with Crippen LogP contribution in [0, 0.1) is 18.3 Å². The minimum absolute atomic E-state index is 0.249. The zero-order valence-electron chi connectivity index (χ0n) is 31.1. The number of benzene rings is 2. The van der Waals surface area contributed by atoms with E-state index < -0.39 is 25.4 Å². The third-order valence-electron chi connectivity index (χ3n) is 10.9. The number of nitrogens with zero attached hydrogens (tertiary/aromatic N) is 5. The number of aromatic nitrogens is 2. The Balaban J connectivity index is 1.51. The van der Waals surface area contributed by atoms with Crippen molar-refractivity contribution in [1.82, 2.24) is 14.9 Å². The zero-order valence-corrected chi connectivity index (χ0v) is 32.1. The second-order valence-corrected chi connectivity index (χ2v) is 21.1. The van der Waals surface area contributed by atoms with E-state index in [0.29, 0.717) is 35.4 Å². The molecule has 3 heterocycles. The molecule has 49 heavy (non-hydrogen) atoms. The normalized spacial score (nSPS) is 19.0. The van der Waals surface area contributed by atoms with Gasteiger partial charge in [0.05, 0.1) is 16.9 Å². The number of anilines is 3. The SMILES string of the molecule is Cc1ccc(C2CCN(C)CC2)cc1Nc1nccc(-c2cc(C#N)c3c(c2)[C@@](C)(CCC(C)(C)[Si](C)(C)O)CN3C(=O)OC(C)(C)C)n1. The van der Waals surface area contributed by atoms with E-state index in [-0.39, 0.29) is 5.04 Å². The molecule has 0 unspecified atom stereocenters. The summed E-state index contributed by atoms with van der Waals surface area (Å²) in [7, 11) is -0.294. The van der Waals surface area contributed by atoms with Gasteiger partial charge in [-0.25, -0.2) is 14.8 Å². The molecule has 1 fully saturated rings. The van der Waals surface area contributed by atoms with E-state index >= 15 is 0 Å². The average Bonchev–Trinajstić information content (AvgIpc) is 3.33. The Labute approximate surface area is 293 Å². The number of carbonyl (C=O) groups excluding carboxylic acids is 1. The predicted molar refractivity (Wildman–Crippen MR) is 200 cm³/mol. The van der Waals surface area contributed by atoms with E-state index in [2.05, 4.69) is 80.3 Å². The van der Waals surface area contributed by atoms with Gasteiger partial charge in [-0.05, 0) is 139 Å². The van der Waals surface area contributed by atoms with Crippen molar-refractivity contribution < 1.29 is 14.3 Å². The highest BCUT2D eigenvalue weighted by Crippen LogP contribution is 2.51. The van der Waals surface area contributed by atoms with Gasteiger partial charge < -0.3 is 19.7 Å². The molecule has 2 aromatic carbocycles. The number of nitrogens with one attached hydrogen (secondary N) is 1. The molecule has 0 spiro atoms. The molecule has 3 aromatic rings. The standard InChI is InChI=1S/C39H54N6O3Si/c1-26-11-12-28(27-14-19-44(8)20-15-27)23-33(26)43-35-41-18-13-32(42-35)29-21-30(24-40)34-31(22-29)39(7,17-16-38(5,6)49(9,10)47)25-45(34)36(46)48-37(2,3)4/h11-13,18,21-23,27,47H,14-17,19-20,25H2,1-10H3,(H,41,42,43)/t39-/m0/s1. The summed E-state index contributed by atoms with van der Waals surface area (Å²) in [5, 5.41) is 13.7. The second-order valence-electron chi connectivity index (χ2n) is 16.6. The van der Waals surface area contributed by atoms with Gasteiger partial charge >= 0.3 is 6.09 Å². The highest BCUT2D eigenvalue weighted by Gasteiger charge is 2.47. The number of hydrogen-bond acceptors (Lipinski definition) is 8. The molecule has 1 amide bonds. The number of piperidine rings is 1. The molecule has 0 saturated carbocycles. The van der Waals surface area contributed by atoms with Crippen LogP contribution in [0.25, 0.3) is 11.3 Å². The van der Waals surface area contributed by atoms with Gasteiger partial charge in [0, 0.05) is 29.4 Å². The molecular weight excluding hydrogens is 629 g/mol. The first-order valence-electron chi connectivity index (χ1n) is 17.5. The zero-order chi connectivity index (χ0) is 35.9. The number of rotatable bonds is 8. The average molecular weight is 683 g/mol. The van der Waals surface area contributed by atoms with Crippen LogP contribution < -0.4 is 10.2 Å². The predicted octanol–water partition coefficient (Wildman–Crippen LogP) is 8.65. The lowest BCUT2D eigenvalue weighted by atomic mass is 9.77. The maximum absolute atomic E-state index is 13.6. The summed E-state index contributed by atoms with van der Waals surface area (Å²) < 4.78 is 5.83. The van der Waals surface area contributed by atoms with Crippen LogP contribution in [0.1, 0.15) is 95.4 Å². The monoisotopic (exact) mass is 682 g/mol. The fourth-order valence-electron chi connectivity index (χ4n) is 6.78. The van der Waals surface area contributed by atoms with Crippen LogP contribution in [0.5, 0.6) is 0 Å². The summed E-state index contributed by atoms with van der Waals surface area (Å²) in [4.78, 5) is 38.2. The van der Waals surface area contributed by atoms with Crippen LogP contribution >= 0.6 is 0 Å². The number of nitriles is 1. The Morgan fingerprint density at radius 2 is 1.84 bits per heavy atom. The van der Waals surface area contributed by atoms with Crippen molar-refractivity contribution in [3.63, 3.8) is 0 Å². The van der Waals surface area contributed by atoms with Gasteiger partial charge in [-0.15, -0.1) is 0 Å². The van der Waals surface area contributed by atoms with E-state index in [4.69, 9.17) is 9.72 Å². The highest BCUT2D eigenvalue weighted by molar-refractivity contribution is 6.72. The number of fused-ring (bicyclic) bond motifs is 1. The largest absolute Gasteiger partial charge is 0.443 e. The molecule has 2 N–H and O–H groups in total. The molecule has 2 aliphatic rings. The summed E-state index contributed by atoms with van der Waals surface area (Å²) in [6.45, 7) is 20.6. The fourth-order valence-corrected chi connectivity index (χ4v) is 7.52. The first kappa shape index (κ1) is 36.5. The Bertz CT molecular complexity index is 1750. The molecule has 5 rings (SSSR count). The third kappa shape index (κ3) is 8.01. The Morgan fingerprint density at radius 1 is 1.14 bits per heavy atom. The van der Waals surface area contributed by atoms with Crippen molar-refractivity contribution in [1.29, 1.82) is 5.26 Å². The van der Waals surface area contributed by atoms with Crippen molar-refractivity contribution in [3.05, 3.63) is 64.8 Å². The van der Waals surface area contributed by atoms with E-state index in [0.717, 1.165) is 61.2 Å². The van der Waals surface area contributed by atoms with Gasteiger partial charge in [-0.1, -0.05) is 32.9 Å².